The number of carbonyl (C=O) groups excluding carboxylic acids is 1. The van der Waals surface area contributed by atoms with Crippen LogP contribution in [0.2, 0.25) is 0 Å². The predicted octanol–water partition coefficient (Wildman–Crippen LogP) is 1.77. The normalized spacial score (nSPS) is 17.0. The summed E-state index contributed by atoms with van der Waals surface area (Å²) in [7, 11) is 0. The number of nitrogens with zero attached hydrogens (tertiary/aromatic N) is 1. The number of nitrogens with one attached hydrogen (secondary N) is 2. The third-order valence-corrected chi connectivity index (χ3v) is 4.22. The lowest BCUT2D eigenvalue weighted by molar-refractivity contribution is -0.122. The summed E-state index contributed by atoms with van der Waals surface area (Å²) in [5.74, 6) is 0.552. The lowest BCUT2D eigenvalue weighted by atomic mass is 9.95. The molecule has 4 N–H and O–H groups in total. The zero-order valence-corrected chi connectivity index (χ0v) is 12.9. The number of amides is 1. The van der Waals surface area contributed by atoms with E-state index in [2.05, 4.69) is 15.3 Å². The minimum Gasteiger partial charge on any atom is -0.349 e. The number of carbonyl (C=O) groups is 1. The molecule has 114 valence electrons. The molecular weight excluding hydrogens is 288 g/mol. The van der Waals surface area contributed by atoms with Crippen LogP contribution in [0.5, 0.6) is 0 Å². The van der Waals surface area contributed by atoms with Gasteiger partial charge in [0.1, 0.15) is 5.65 Å². The molecule has 1 aliphatic carbocycles. The minimum absolute atomic E-state index is 0. The van der Waals surface area contributed by atoms with Crippen molar-refractivity contribution in [2.45, 2.75) is 31.7 Å². The number of nitrogens with two attached hydrogens (primary N) is 1. The largest absolute Gasteiger partial charge is 0.349 e. The maximum Gasteiger partial charge on any atom is 0.224 e. The van der Waals surface area contributed by atoms with E-state index in [0.717, 1.165) is 29.4 Å². The van der Waals surface area contributed by atoms with Crippen LogP contribution in [-0.4, -0.2) is 28.0 Å². The average Bonchev–Trinajstić information content (AvgIpc) is 3.23. The summed E-state index contributed by atoms with van der Waals surface area (Å²) < 4.78 is 0. The van der Waals surface area contributed by atoms with Crippen LogP contribution in [0.25, 0.3) is 11.0 Å². The van der Waals surface area contributed by atoms with Gasteiger partial charge in [-0.15, -0.1) is 12.4 Å². The van der Waals surface area contributed by atoms with Crippen molar-refractivity contribution in [3.05, 3.63) is 30.1 Å². The van der Waals surface area contributed by atoms with Crippen molar-refractivity contribution < 1.29 is 4.79 Å². The molecule has 5 nitrogen and oxygen atoms in total. The maximum atomic E-state index is 12.3. The van der Waals surface area contributed by atoms with E-state index in [9.17, 15) is 4.79 Å². The number of aromatic amines is 1. The van der Waals surface area contributed by atoms with Crippen LogP contribution >= 0.6 is 12.4 Å². The number of H-pyrrole nitrogens is 1. The van der Waals surface area contributed by atoms with Gasteiger partial charge >= 0.3 is 0 Å². The first-order valence-corrected chi connectivity index (χ1v) is 7.04. The van der Waals surface area contributed by atoms with E-state index in [-0.39, 0.29) is 23.9 Å². The molecule has 0 saturated heterocycles. The summed E-state index contributed by atoms with van der Waals surface area (Å²) in [6.07, 6.45) is 6.26. The Labute approximate surface area is 130 Å². The molecule has 0 aromatic carbocycles. The van der Waals surface area contributed by atoms with Crippen LogP contribution in [0.15, 0.2) is 24.5 Å². The number of pyridine rings is 1. The highest BCUT2D eigenvalue weighted by molar-refractivity contribution is 5.87. The summed E-state index contributed by atoms with van der Waals surface area (Å²) in [5.41, 5.74) is 7.36. The van der Waals surface area contributed by atoms with E-state index in [0.29, 0.717) is 18.9 Å². The molecular formula is C15H21ClN4O. The standard InChI is InChI=1S/C15H20N4O.ClH/c1-15(9-16,11-4-5-11)19-13(20)7-10-8-18-14-12(10)3-2-6-17-14;/h2-3,6,8,11H,4-5,7,9,16H2,1H3,(H,17,18)(H,19,20);1H. The quantitative estimate of drug-likeness (QED) is 0.787. The summed E-state index contributed by atoms with van der Waals surface area (Å²) >= 11 is 0. The number of hydrogen-bond acceptors (Lipinski definition) is 3. The second-order valence-electron chi connectivity index (χ2n) is 5.83. The smallest absolute Gasteiger partial charge is 0.224 e. The fourth-order valence-corrected chi connectivity index (χ4v) is 2.73. The molecule has 1 aliphatic rings. The number of fused-ring (bicyclic) bond motifs is 1. The zero-order chi connectivity index (χ0) is 14.2. The molecule has 6 heteroatoms. The number of hydrogen-bond donors (Lipinski definition) is 3. The highest BCUT2D eigenvalue weighted by Crippen LogP contribution is 2.39. The van der Waals surface area contributed by atoms with Gasteiger partial charge < -0.3 is 16.0 Å². The van der Waals surface area contributed by atoms with Gasteiger partial charge in [-0.1, -0.05) is 0 Å². The van der Waals surface area contributed by atoms with Gasteiger partial charge in [0, 0.05) is 24.3 Å². The Hall–Kier alpha value is -1.59. The summed E-state index contributed by atoms with van der Waals surface area (Å²) in [6, 6.07) is 3.86. The fraction of sp³-hybridized carbons (Fsp3) is 0.467. The summed E-state index contributed by atoms with van der Waals surface area (Å²) in [4.78, 5) is 19.6. The van der Waals surface area contributed by atoms with Gasteiger partial charge in [0.25, 0.3) is 0 Å². The van der Waals surface area contributed by atoms with E-state index < -0.39 is 0 Å². The van der Waals surface area contributed by atoms with Gasteiger partial charge in [-0.3, -0.25) is 4.79 Å². The van der Waals surface area contributed by atoms with E-state index in [1.807, 2.05) is 25.3 Å². The Morgan fingerprint density at radius 2 is 2.33 bits per heavy atom. The molecule has 2 aromatic rings. The summed E-state index contributed by atoms with van der Waals surface area (Å²) in [5, 5.41) is 4.11. The van der Waals surface area contributed by atoms with Gasteiger partial charge in [-0.05, 0) is 43.4 Å². The van der Waals surface area contributed by atoms with Crippen molar-refractivity contribution in [3.63, 3.8) is 0 Å². The van der Waals surface area contributed by atoms with Gasteiger partial charge in [0.15, 0.2) is 0 Å². The Balaban J connectivity index is 0.00000161. The van der Waals surface area contributed by atoms with Crippen molar-refractivity contribution in [2.24, 2.45) is 11.7 Å². The van der Waals surface area contributed by atoms with E-state index >= 15 is 0 Å². The average molecular weight is 309 g/mol. The van der Waals surface area contributed by atoms with Gasteiger partial charge in [-0.2, -0.15) is 0 Å². The van der Waals surface area contributed by atoms with E-state index in [4.69, 9.17) is 5.73 Å². The number of aromatic nitrogens is 2. The van der Waals surface area contributed by atoms with Crippen LogP contribution < -0.4 is 11.1 Å². The first-order valence-electron chi connectivity index (χ1n) is 7.04. The van der Waals surface area contributed by atoms with Gasteiger partial charge in [0.05, 0.1) is 12.0 Å². The number of rotatable bonds is 5. The molecule has 2 heterocycles. The third kappa shape index (κ3) is 3.19. The minimum atomic E-state index is -0.262. The maximum absolute atomic E-state index is 12.3. The SMILES string of the molecule is CC(CN)(NC(=O)Cc1c[nH]c2ncccc12)C1CC1.Cl. The second-order valence-corrected chi connectivity index (χ2v) is 5.83. The molecule has 0 bridgehead atoms. The molecule has 1 fully saturated rings. The molecule has 1 unspecified atom stereocenters. The highest BCUT2D eigenvalue weighted by Gasteiger charge is 2.41. The van der Waals surface area contributed by atoms with Crippen LogP contribution in [0.3, 0.4) is 0 Å². The Morgan fingerprint density at radius 3 is 3.00 bits per heavy atom. The molecule has 0 aliphatic heterocycles. The Morgan fingerprint density at radius 1 is 1.57 bits per heavy atom. The van der Waals surface area contributed by atoms with Crippen molar-refractivity contribution >= 4 is 29.3 Å². The van der Waals surface area contributed by atoms with Gasteiger partial charge in [0.2, 0.25) is 5.91 Å². The number of halogens is 1. The van der Waals surface area contributed by atoms with Crippen LogP contribution in [0.4, 0.5) is 0 Å². The van der Waals surface area contributed by atoms with Crippen molar-refractivity contribution in [3.8, 4) is 0 Å². The molecule has 0 radical (unpaired) electrons. The topological polar surface area (TPSA) is 83.8 Å². The van der Waals surface area contributed by atoms with E-state index in [1.54, 1.807) is 6.20 Å². The van der Waals surface area contributed by atoms with Crippen molar-refractivity contribution in [1.82, 2.24) is 15.3 Å². The first-order chi connectivity index (χ1) is 9.62. The molecule has 1 atom stereocenters. The lowest BCUT2D eigenvalue weighted by Crippen LogP contribution is -2.53. The Kier molecular flexibility index (Phi) is 4.54. The van der Waals surface area contributed by atoms with Crippen molar-refractivity contribution in [2.75, 3.05) is 6.54 Å². The zero-order valence-electron chi connectivity index (χ0n) is 12.1. The van der Waals surface area contributed by atoms with Crippen LogP contribution in [-0.2, 0) is 11.2 Å². The van der Waals surface area contributed by atoms with Crippen LogP contribution in [0, 0.1) is 5.92 Å². The second kappa shape index (κ2) is 6.03. The molecule has 2 aromatic heterocycles. The Bertz CT molecular complexity index is 637. The third-order valence-electron chi connectivity index (χ3n) is 4.22. The molecule has 0 spiro atoms. The molecule has 21 heavy (non-hydrogen) atoms. The van der Waals surface area contributed by atoms with Crippen molar-refractivity contribution in [1.29, 1.82) is 0 Å². The van der Waals surface area contributed by atoms with Crippen LogP contribution in [0.1, 0.15) is 25.3 Å². The monoisotopic (exact) mass is 308 g/mol. The summed E-state index contributed by atoms with van der Waals surface area (Å²) in [6.45, 7) is 2.53. The lowest BCUT2D eigenvalue weighted by Gasteiger charge is -2.29. The highest BCUT2D eigenvalue weighted by atomic mass is 35.5. The van der Waals surface area contributed by atoms with Gasteiger partial charge in [-0.25, -0.2) is 4.98 Å². The molecule has 3 rings (SSSR count). The predicted molar refractivity (Wildman–Crippen MR) is 85.4 cm³/mol. The first kappa shape index (κ1) is 15.8. The fourth-order valence-electron chi connectivity index (χ4n) is 2.73. The van der Waals surface area contributed by atoms with E-state index in [1.165, 1.54) is 0 Å². The molecule has 1 amide bonds. The molecule has 1 saturated carbocycles.